The van der Waals surface area contributed by atoms with Crippen LogP contribution in [0.15, 0.2) is 74.7 Å². The molecule has 1 fully saturated rings. The van der Waals surface area contributed by atoms with Crippen molar-refractivity contribution >= 4 is 66.4 Å². The standard InChI is InChI=1S/C21H16BrClN2O4S2/c22-15-7-9-16(10-8-15)25-19(26)12-18(21(25)27)24(13-14-4-1-2-5-17(14)23)31(28,29)20-6-3-11-30-20/h1-11,18H,12-13H2. The molecule has 1 unspecified atom stereocenters. The number of imide groups is 1. The summed E-state index contributed by atoms with van der Waals surface area (Å²) >= 11 is 10.6. The summed E-state index contributed by atoms with van der Waals surface area (Å²) in [5.74, 6) is -1.04. The summed E-state index contributed by atoms with van der Waals surface area (Å²) in [6.07, 6.45) is -0.246. The van der Waals surface area contributed by atoms with Crippen LogP contribution in [0.2, 0.25) is 5.02 Å². The third-order valence-electron chi connectivity index (χ3n) is 4.90. The zero-order valence-electron chi connectivity index (χ0n) is 15.9. The molecule has 2 amide bonds. The molecular weight excluding hydrogens is 524 g/mol. The van der Waals surface area contributed by atoms with Crippen LogP contribution in [0, 0.1) is 0 Å². The maximum absolute atomic E-state index is 13.4. The first kappa shape index (κ1) is 22.2. The minimum Gasteiger partial charge on any atom is -0.274 e. The Morgan fingerprint density at radius 3 is 2.42 bits per heavy atom. The van der Waals surface area contributed by atoms with Gasteiger partial charge in [0, 0.05) is 16.0 Å². The van der Waals surface area contributed by atoms with Crippen LogP contribution in [-0.2, 0) is 26.2 Å². The van der Waals surface area contributed by atoms with Crippen molar-refractivity contribution in [1.82, 2.24) is 4.31 Å². The molecule has 2 aromatic carbocycles. The van der Waals surface area contributed by atoms with E-state index in [0.29, 0.717) is 16.3 Å². The second-order valence-electron chi connectivity index (χ2n) is 6.84. The van der Waals surface area contributed by atoms with E-state index in [4.69, 9.17) is 11.6 Å². The van der Waals surface area contributed by atoms with Crippen LogP contribution in [-0.4, -0.2) is 30.6 Å². The Hall–Kier alpha value is -2.04. The van der Waals surface area contributed by atoms with E-state index < -0.39 is 27.9 Å². The number of thiophene rings is 1. The van der Waals surface area contributed by atoms with Crippen LogP contribution in [0.5, 0.6) is 0 Å². The Labute approximate surface area is 197 Å². The largest absolute Gasteiger partial charge is 0.274 e. The Morgan fingerprint density at radius 1 is 1.06 bits per heavy atom. The van der Waals surface area contributed by atoms with Crippen molar-refractivity contribution in [3.63, 3.8) is 0 Å². The lowest BCUT2D eigenvalue weighted by molar-refractivity contribution is -0.122. The fourth-order valence-corrected chi connectivity index (χ4v) is 6.52. The summed E-state index contributed by atoms with van der Waals surface area (Å²) < 4.78 is 28.9. The number of carbonyl (C=O) groups is 2. The zero-order chi connectivity index (χ0) is 22.2. The van der Waals surface area contributed by atoms with Crippen molar-refractivity contribution < 1.29 is 18.0 Å². The van der Waals surface area contributed by atoms with Crippen molar-refractivity contribution in [3.8, 4) is 0 Å². The minimum absolute atomic E-state index is 0.0990. The first-order valence-electron chi connectivity index (χ1n) is 9.20. The molecule has 2 heterocycles. The van der Waals surface area contributed by atoms with Gasteiger partial charge in [0.15, 0.2) is 0 Å². The lowest BCUT2D eigenvalue weighted by atomic mass is 10.2. The molecule has 0 N–H and O–H groups in total. The van der Waals surface area contributed by atoms with Gasteiger partial charge in [-0.2, -0.15) is 4.31 Å². The molecule has 1 aliphatic rings. The second kappa shape index (κ2) is 8.84. The van der Waals surface area contributed by atoms with Crippen LogP contribution in [0.3, 0.4) is 0 Å². The van der Waals surface area contributed by atoms with Gasteiger partial charge < -0.3 is 0 Å². The van der Waals surface area contributed by atoms with Gasteiger partial charge in [-0.3, -0.25) is 9.59 Å². The Morgan fingerprint density at radius 2 is 1.77 bits per heavy atom. The molecule has 3 aromatic rings. The van der Waals surface area contributed by atoms with E-state index in [1.165, 1.54) is 6.07 Å². The quantitative estimate of drug-likeness (QED) is 0.426. The molecule has 0 aliphatic carbocycles. The molecule has 1 atom stereocenters. The summed E-state index contributed by atoms with van der Waals surface area (Å²) in [6, 6.07) is 15.5. The lowest BCUT2D eigenvalue weighted by Crippen LogP contribution is -2.44. The molecular formula is C21H16BrClN2O4S2. The van der Waals surface area contributed by atoms with E-state index in [1.807, 2.05) is 0 Å². The van der Waals surface area contributed by atoms with Crippen LogP contribution in [0.25, 0.3) is 0 Å². The number of carbonyl (C=O) groups excluding carboxylic acids is 2. The molecule has 1 aromatic heterocycles. The van der Waals surface area contributed by atoms with Crippen molar-refractivity contribution in [2.24, 2.45) is 0 Å². The maximum Gasteiger partial charge on any atom is 0.253 e. The van der Waals surface area contributed by atoms with Crippen LogP contribution >= 0.6 is 38.9 Å². The van der Waals surface area contributed by atoms with Crippen LogP contribution < -0.4 is 4.90 Å². The van der Waals surface area contributed by atoms with Gasteiger partial charge in [-0.15, -0.1) is 11.3 Å². The third kappa shape index (κ3) is 4.33. The van der Waals surface area contributed by atoms with Crippen molar-refractivity contribution in [2.75, 3.05) is 4.90 Å². The smallest absolute Gasteiger partial charge is 0.253 e. The van der Waals surface area contributed by atoms with Gasteiger partial charge in [0.2, 0.25) is 5.91 Å². The van der Waals surface area contributed by atoms with E-state index in [2.05, 4.69) is 15.9 Å². The first-order chi connectivity index (χ1) is 14.8. The number of sulfonamides is 1. The fraction of sp³-hybridized carbons (Fsp3) is 0.143. The van der Waals surface area contributed by atoms with Crippen molar-refractivity contribution in [1.29, 1.82) is 0 Å². The molecule has 0 spiro atoms. The fourth-order valence-electron chi connectivity index (χ4n) is 3.39. The summed E-state index contributed by atoms with van der Waals surface area (Å²) in [6.45, 7) is -0.127. The lowest BCUT2D eigenvalue weighted by Gasteiger charge is -2.26. The molecule has 0 radical (unpaired) electrons. The number of halogens is 2. The van der Waals surface area contributed by atoms with Gasteiger partial charge in [0.25, 0.3) is 15.9 Å². The number of hydrogen-bond acceptors (Lipinski definition) is 5. The highest BCUT2D eigenvalue weighted by Gasteiger charge is 2.47. The van der Waals surface area contributed by atoms with Crippen molar-refractivity contribution in [3.05, 3.63) is 81.1 Å². The Balaban J connectivity index is 1.75. The molecule has 6 nitrogen and oxygen atoms in total. The van der Waals surface area contributed by atoms with Gasteiger partial charge in [0.1, 0.15) is 10.3 Å². The highest BCUT2D eigenvalue weighted by molar-refractivity contribution is 9.10. The monoisotopic (exact) mass is 538 g/mol. The number of rotatable bonds is 6. The SMILES string of the molecule is O=C1CC(N(Cc2ccccc2Cl)S(=O)(=O)c2cccs2)C(=O)N1c1ccc(Br)cc1. The molecule has 160 valence electrons. The highest BCUT2D eigenvalue weighted by Crippen LogP contribution is 2.33. The molecule has 1 saturated heterocycles. The number of anilines is 1. The molecule has 0 bridgehead atoms. The van der Waals surface area contributed by atoms with Crippen LogP contribution in [0.4, 0.5) is 5.69 Å². The molecule has 4 rings (SSSR count). The molecule has 0 saturated carbocycles. The number of nitrogens with zero attached hydrogens (tertiary/aromatic N) is 2. The number of amides is 2. The van der Waals surface area contributed by atoms with E-state index in [1.54, 1.807) is 60.0 Å². The van der Waals surface area contributed by atoms with E-state index >= 15 is 0 Å². The topological polar surface area (TPSA) is 74.8 Å². The highest BCUT2D eigenvalue weighted by atomic mass is 79.9. The minimum atomic E-state index is -4.04. The summed E-state index contributed by atoms with van der Waals surface area (Å²) in [5.41, 5.74) is 0.943. The van der Waals surface area contributed by atoms with Crippen LogP contribution in [0.1, 0.15) is 12.0 Å². The van der Waals surface area contributed by atoms with Gasteiger partial charge >= 0.3 is 0 Å². The normalized spacial score (nSPS) is 17.0. The second-order valence-corrected chi connectivity index (χ2v) is 11.2. The van der Waals surface area contributed by atoms with Gasteiger partial charge in [0.05, 0.1) is 12.1 Å². The number of hydrogen-bond donors (Lipinski definition) is 0. The van der Waals surface area contributed by atoms with E-state index in [0.717, 1.165) is 25.0 Å². The Kier molecular flexibility index (Phi) is 6.32. The molecule has 1 aliphatic heterocycles. The summed E-state index contributed by atoms with van der Waals surface area (Å²) in [7, 11) is -4.04. The Bertz CT molecular complexity index is 1230. The zero-order valence-corrected chi connectivity index (χ0v) is 19.9. The van der Waals surface area contributed by atoms with Gasteiger partial charge in [-0.25, -0.2) is 13.3 Å². The van der Waals surface area contributed by atoms with Crippen molar-refractivity contribution in [2.45, 2.75) is 23.2 Å². The average Bonchev–Trinajstić information content (AvgIpc) is 3.37. The average molecular weight is 540 g/mol. The van der Waals surface area contributed by atoms with E-state index in [9.17, 15) is 18.0 Å². The predicted octanol–water partition coefficient (Wildman–Crippen LogP) is 4.69. The van der Waals surface area contributed by atoms with Gasteiger partial charge in [-0.1, -0.05) is 51.8 Å². The summed E-state index contributed by atoms with van der Waals surface area (Å²) in [5, 5.41) is 2.03. The predicted molar refractivity (Wildman–Crippen MR) is 124 cm³/mol. The third-order valence-corrected chi connectivity index (χ3v) is 9.02. The first-order valence-corrected chi connectivity index (χ1v) is 12.7. The summed E-state index contributed by atoms with van der Waals surface area (Å²) in [4.78, 5) is 27.1. The van der Waals surface area contributed by atoms with Gasteiger partial charge in [-0.05, 0) is 47.3 Å². The van der Waals surface area contributed by atoms with E-state index in [-0.39, 0.29) is 17.2 Å². The molecule has 10 heteroatoms. The molecule has 31 heavy (non-hydrogen) atoms. The number of benzene rings is 2. The maximum atomic E-state index is 13.4.